The molecule has 0 bridgehead atoms. The van der Waals surface area contributed by atoms with Crippen molar-refractivity contribution < 1.29 is 4.74 Å². The number of para-hydroxylation sites is 1. The van der Waals surface area contributed by atoms with Crippen LogP contribution in [-0.2, 0) is 18.3 Å². The number of rotatable bonds is 5. The van der Waals surface area contributed by atoms with E-state index in [1.807, 2.05) is 40.8 Å². The molecule has 3 heterocycles. The average Bonchev–Trinajstić information content (AvgIpc) is 3.46. The number of benzene rings is 1. The van der Waals surface area contributed by atoms with Crippen LogP contribution in [0.5, 0.6) is 0 Å². The molecule has 0 spiro atoms. The molecule has 1 aromatic carbocycles. The molecule has 1 unspecified atom stereocenters. The summed E-state index contributed by atoms with van der Waals surface area (Å²) in [4.78, 5) is 20.4. The molecule has 6 heteroatoms. The summed E-state index contributed by atoms with van der Waals surface area (Å²) >= 11 is 0. The molecule has 1 aliphatic carbocycles. The van der Waals surface area contributed by atoms with E-state index in [9.17, 15) is 4.79 Å². The van der Waals surface area contributed by atoms with Gasteiger partial charge in [0.05, 0.1) is 43.0 Å². The van der Waals surface area contributed by atoms with Gasteiger partial charge in [0.15, 0.2) is 0 Å². The minimum absolute atomic E-state index is 0.112. The Balaban J connectivity index is 1.70. The molecule has 2 aromatic heterocycles. The van der Waals surface area contributed by atoms with E-state index in [4.69, 9.17) is 4.74 Å². The molecule has 2 fully saturated rings. The molecule has 2 aliphatic rings. The molecule has 1 saturated carbocycles. The topological polar surface area (TPSA) is 52.3 Å². The van der Waals surface area contributed by atoms with Crippen molar-refractivity contribution in [3.63, 3.8) is 0 Å². The van der Waals surface area contributed by atoms with Crippen molar-refractivity contribution in [3.05, 3.63) is 64.5 Å². The van der Waals surface area contributed by atoms with Gasteiger partial charge in [-0.2, -0.15) is 0 Å². The second-order valence-corrected chi connectivity index (χ2v) is 8.00. The van der Waals surface area contributed by atoms with Crippen LogP contribution < -0.4 is 5.56 Å². The summed E-state index contributed by atoms with van der Waals surface area (Å²) in [5.41, 5.74) is 3.05. The Bertz CT molecular complexity index is 1040. The van der Waals surface area contributed by atoms with E-state index in [0.29, 0.717) is 19.1 Å². The Kier molecular flexibility index (Phi) is 4.53. The number of ether oxygens (including phenoxy) is 1. The number of aryl methyl sites for hydroxylation is 1. The van der Waals surface area contributed by atoms with Crippen LogP contribution in [-0.4, -0.2) is 45.3 Å². The fourth-order valence-corrected chi connectivity index (χ4v) is 4.30. The summed E-state index contributed by atoms with van der Waals surface area (Å²) in [6, 6.07) is 10.2. The number of fused-ring (bicyclic) bond motifs is 1. The number of aromatic nitrogens is 3. The van der Waals surface area contributed by atoms with Crippen LogP contribution in [0.1, 0.15) is 30.1 Å². The van der Waals surface area contributed by atoms with E-state index >= 15 is 0 Å². The highest BCUT2D eigenvalue weighted by Gasteiger charge is 2.31. The predicted molar refractivity (Wildman–Crippen MR) is 108 cm³/mol. The molecule has 1 atom stereocenters. The fourth-order valence-electron chi connectivity index (χ4n) is 4.30. The van der Waals surface area contributed by atoms with Gasteiger partial charge >= 0.3 is 0 Å². The molecule has 6 nitrogen and oxygen atoms in total. The zero-order valence-electron chi connectivity index (χ0n) is 16.3. The van der Waals surface area contributed by atoms with Gasteiger partial charge in [0, 0.05) is 32.2 Å². The highest BCUT2D eigenvalue weighted by atomic mass is 16.5. The number of pyridine rings is 1. The first kappa shape index (κ1) is 17.6. The Labute approximate surface area is 164 Å². The van der Waals surface area contributed by atoms with Crippen LogP contribution in [0.15, 0.2) is 47.7 Å². The normalized spacial score (nSPS) is 19.2. The van der Waals surface area contributed by atoms with Crippen LogP contribution in [0, 0.1) is 5.92 Å². The Morgan fingerprint density at radius 1 is 1.21 bits per heavy atom. The predicted octanol–water partition coefficient (Wildman–Crippen LogP) is 2.57. The minimum Gasteiger partial charge on any atom is -0.379 e. The monoisotopic (exact) mass is 378 g/mol. The summed E-state index contributed by atoms with van der Waals surface area (Å²) in [6.07, 6.45) is 6.14. The average molecular weight is 378 g/mol. The third kappa shape index (κ3) is 3.16. The van der Waals surface area contributed by atoms with E-state index < -0.39 is 0 Å². The van der Waals surface area contributed by atoms with E-state index in [0.717, 1.165) is 41.8 Å². The molecule has 0 N–H and O–H groups in total. The molecule has 1 saturated heterocycles. The van der Waals surface area contributed by atoms with Crippen molar-refractivity contribution in [3.8, 4) is 0 Å². The zero-order valence-corrected chi connectivity index (χ0v) is 16.3. The lowest BCUT2D eigenvalue weighted by Gasteiger charge is -2.34. The fraction of sp³-hybridized carbons (Fsp3) is 0.455. The van der Waals surface area contributed by atoms with Gasteiger partial charge in [0.2, 0.25) is 0 Å². The van der Waals surface area contributed by atoms with Crippen LogP contribution >= 0.6 is 0 Å². The van der Waals surface area contributed by atoms with Crippen molar-refractivity contribution in [2.24, 2.45) is 13.0 Å². The molecule has 1 aliphatic heterocycles. The lowest BCUT2D eigenvalue weighted by Crippen LogP contribution is -2.42. The standard InChI is InChI=1S/C22H26N4O2/c1-24-15-23-13-20(24)21(25-8-10-28-11-9-25)18-12-17-4-2-3-5-19(17)26(22(18)27)14-16-6-7-16/h2-5,12-13,15-16,21H,6-11,14H2,1H3. The van der Waals surface area contributed by atoms with Gasteiger partial charge in [-0.25, -0.2) is 4.98 Å². The van der Waals surface area contributed by atoms with Crippen molar-refractivity contribution in [2.45, 2.75) is 25.4 Å². The second kappa shape index (κ2) is 7.18. The first-order chi connectivity index (χ1) is 13.7. The number of morpholine rings is 1. The summed E-state index contributed by atoms with van der Waals surface area (Å²) in [5.74, 6) is 0.634. The number of hydrogen-bond acceptors (Lipinski definition) is 4. The van der Waals surface area contributed by atoms with Crippen molar-refractivity contribution >= 4 is 10.9 Å². The molecule has 28 heavy (non-hydrogen) atoms. The summed E-state index contributed by atoms with van der Waals surface area (Å²) in [5, 5.41) is 1.12. The van der Waals surface area contributed by atoms with Crippen LogP contribution in [0.2, 0.25) is 0 Å². The third-order valence-corrected chi connectivity index (χ3v) is 6.01. The summed E-state index contributed by atoms with van der Waals surface area (Å²) < 4.78 is 9.60. The number of nitrogens with zero attached hydrogens (tertiary/aromatic N) is 4. The van der Waals surface area contributed by atoms with Gasteiger partial charge in [-0.1, -0.05) is 18.2 Å². The second-order valence-electron chi connectivity index (χ2n) is 8.00. The minimum atomic E-state index is -0.112. The van der Waals surface area contributed by atoms with Crippen LogP contribution in [0.25, 0.3) is 10.9 Å². The summed E-state index contributed by atoms with van der Waals surface area (Å²) in [6.45, 7) is 3.82. The van der Waals surface area contributed by atoms with Gasteiger partial charge in [-0.3, -0.25) is 9.69 Å². The third-order valence-electron chi connectivity index (χ3n) is 6.01. The maximum atomic E-state index is 13.7. The molecule has 0 amide bonds. The lowest BCUT2D eigenvalue weighted by atomic mass is 10.0. The van der Waals surface area contributed by atoms with Crippen LogP contribution in [0.4, 0.5) is 0 Å². The van der Waals surface area contributed by atoms with Gasteiger partial charge in [-0.15, -0.1) is 0 Å². The molecule has 3 aromatic rings. The Morgan fingerprint density at radius 3 is 2.71 bits per heavy atom. The van der Waals surface area contributed by atoms with Gasteiger partial charge in [0.1, 0.15) is 0 Å². The summed E-state index contributed by atoms with van der Waals surface area (Å²) in [7, 11) is 2.00. The highest BCUT2D eigenvalue weighted by molar-refractivity contribution is 5.79. The first-order valence-electron chi connectivity index (χ1n) is 10.1. The van der Waals surface area contributed by atoms with Crippen molar-refractivity contribution in [1.82, 2.24) is 19.0 Å². The maximum absolute atomic E-state index is 13.7. The zero-order chi connectivity index (χ0) is 19.1. The van der Waals surface area contributed by atoms with Crippen molar-refractivity contribution in [1.29, 1.82) is 0 Å². The SMILES string of the molecule is Cn1cncc1C(c1cc2ccccc2n(CC2CC2)c1=O)N1CCOCC1. The lowest BCUT2D eigenvalue weighted by molar-refractivity contribution is 0.0225. The number of hydrogen-bond donors (Lipinski definition) is 0. The van der Waals surface area contributed by atoms with E-state index in [1.54, 1.807) is 0 Å². The smallest absolute Gasteiger partial charge is 0.256 e. The number of imidazole rings is 1. The molecule has 5 rings (SSSR count). The largest absolute Gasteiger partial charge is 0.379 e. The Morgan fingerprint density at radius 2 is 2.00 bits per heavy atom. The highest BCUT2D eigenvalue weighted by Crippen LogP contribution is 2.33. The molecular formula is C22H26N4O2. The van der Waals surface area contributed by atoms with E-state index in [-0.39, 0.29) is 11.6 Å². The Hall–Kier alpha value is -2.44. The molecular weight excluding hydrogens is 352 g/mol. The maximum Gasteiger partial charge on any atom is 0.256 e. The van der Waals surface area contributed by atoms with E-state index in [1.165, 1.54) is 12.8 Å². The first-order valence-corrected chi connectivity index (χ1v) is 10.1. The molecule has 146 valence electrons. The molecule has 0 radical (unpaired) electrons. The van der Waals surface area contributed by atoms with Gasteiger partial charge in [0.25, 0.3) is 5.56 Å². The van der Waals surface area contributed by atoms with Crippen molar-refractivity contribution in [2.75, 3.05) is 26.3 Å². The van der Waals surface area contributed by atoms with Gasteiger partial charge in [-0.05, 0) is 36.3 Å². The van der Waals surface area contributed by atoms with Gasteiger partial charge < -0.3 is 13.9 Å². The quantitative estimate of drug-likeness (QED) is 0.685. The van der Waals surface area contributed by atoms with E-state index in [2.05, 4.69) is 28.1 Å². The van der Waals surface area contributed by atoms with Crippen LogP contribution in [0.3, 0.4) is 0 Å².